The van der Waals surface area contributed by atoms with Crippen LogP contribution in [-0.4, -0.2) is 40.5 Å². The number of imide groups is 1. The van der Waals surface area contributed by atoms with Crippen LogP contribution < -0.4 is 11.1 Å². The quantitative estimate of drug-likeness (QED) is 0.533. The Kier molecular flexibility index (Phi) is 3.35. The van der Waals surface area contributed by atoms with Gasteiger partial charge >= 0.3 is 0 Å². The minimum Gasteiger partial charge on any atom is -0.399 e. The first-order chi connectivity index (χ1) is 10.5. The minimum atomic E-state index is -1.44. The number of nitrogens with two attached hydrogens (primary N) is 1. The zero-order valence-electron chi connectivity index (χ0n) is 12.0. The number of fused-ring (bicyclic) bond motifs is 1. The molecular weight excluding hydrogens is 286 g/mol. The van der Waals surface area contributed by atoms with Crippen LogP contribution in [0.4, 0.5) is 0 Å². The Hall–Kier alpha value is -2.44. The van der Waals surface area contributed by atoms with Crippen LogP contribution in [0.2, 0.25) is 0 Å². The summed E-state index contributed by atoms with van der Waals surface area (Å²) in [5.41, 5.74) is 4.71. The third-order valence-corrected chi connectivity index (χ3v) is 4.55. The predicted octanol–water partition coefficient (Wildman–Crippen LogP) is -0.620. The summed E-state index contributed by atoms with van der Waals surface area (Å²) in [5.74, 6) is -2.04. The second kappa shape index (κ2) is 5.08. The molecule has 3 aliphatic rings. The molecule has 0 aromatic heterocycles. The lowest BCUT2D eigenvalue weighted by atomic mass is 9.77. The van der Waals surface area contributed by atoms with Gasteiger partial charge in [-0.25, -0.2) is 0 Å². The van der Waals surface area contributed by atoms with Gasteiger partial charge < -0.3 is 15.4 Å². The third-order valence-electron chi connectivity index (χ3n) is 4.55. The fourth-order valence-electron chi connectivity index (χ4n) is 3.64. The van der Waals surface area contributed by atoms with E-state index < -0.39 is 29.3 Å². The normalized spacial score (nSPS) is 34.3. The van der Waals surface area contributed by atoms with E-state index in [4.69, 9.17) is 5.73 Å². The van der Waals surface area contributed by atoms with Gasteiger partial charge in [0.2, 0.25) is 11.8 Å². The van der Waals surface area contributed by atoms with Crippen molar-refractivity contribution in [3.05, 3.63) is 23.9 Å². The number of aldehydes is 1. The molecule has 7 nitrogen and oxygen atoms in total. The molecule has 0 radical (unpaired) electrons. The number of hydrogen-bond donors (Lipinski definition) is 2. The van der Waals surface area contributed by atoms with Crippen LogP contribution >= 0.6 is 0 Å². The molecule has 3 rings (SSSR count). The SMILES string of the molecule is NC1=CC2(N3C(=O)CCCC3CC=O)C(=O)NC(=O)C2C=C1. The molecule has 3 amide bonds. The molecule has 0 aromatic carbocycles. The molecule has 3 unspecified atom stereocenters. The van der Waals surface area contributed by atoms with Crippen molar-refractivity contribution in [1.29, 1.82) is 0 Å². The topological polar surface area (TPSA) is 110 Å². The van der Waals surface area contributed by atoms with Crippen LogP contribution in [0.25, 0.3) is 0 Å². The average Bonchev–Trinajstić information content (AvgIpc) is 2.70. The Balaban J connectivity index is 2.13. The van der Waals surface area contributed by atoms with Crippen molar-refractivity contribution >= 4 is 24.0 Å². The van der Waals surface area contributed by atoms with E-state index in [1.54, 1.807) is 12.2 Å². The maximum atomic E-state index is 12.5. The van der Waals surface area contributed by atoms with E-state index in [1.807, 2.05) is 0 Å². The molecule has 7 heteroatoms. The third kappa shape index (κ3) is 1.88. The van der Waals surface area contributed by atoms with Gasteiger partial charge in [0, 0.05) is 24.6 Å². The van der Waals surface area contributed by atoms with Gasteiger partial charge in [0.15, 0.2) is 5.54 Å². The Morgan fingerprint density at radius 2 is 2.18 bits per heavy atom. The highest BCUT2D eigenvalue weighted by molar-refractivity contribution is 6.14. The summed E-state index contributed by atoms with van der Waals surface area (Å²) in [5, 5.41) is 2.29. The summed E-state index contributed by atoms with van der Waals surface area (Å²) in [4.78, 5) is 49.5. The van der Waals surface area contributed by atoms with Crippen LogP contribution in [0.3, 0.4) is 0 Å². The van der Waals surface area contributed by atoms with Crippen LogP contribution in [0.15, 0.2) is 23.9 Å². The maximum Gasteiger partial charge on any atom is 0.257 e. The first-order valence-electron chi connectivity index (χ1n) is 7.28. The zero-order chi connectivity index (χ0) is 15.9. The number of nitrogens with zero attached hydrogens (tertiary/aromatic N) is 1. The second-order valence-electron chi connectivity index (χ2n) is 5.84. The van der Waals surface area contributed by atoms with Gasteiger partial charge in [-0.3, -0.25) is 19.7 Å². The van der Waals surface area contributed by atoms with Crippen molar-refractivity contribution in [3.8, 4) is 0 Å². The zero-order valence-corrected chi connectivity index (χ0v) is 12.0. The van der Waals surface area contributed by atoms with E-state index in [0.29, 0.717) is 25.0 Å². The van der Waals surface area contributed by atoms with Crippen molar-refractivity contribution in [2.24, 2.45) is 11.7 Å². The van der Waals surface area contributed by atoms with Gasteiger partial charge in [-0.2, -0.15) is 0 Å². The van der Waals surface area contributed by atoms with Crippen molar-refractivity contribution < 1.29 is 19.2 Å². The smallest absolute Gasteiger partial charge is 0.257 e. The first kappa shape index (κ1) is 14.5. The molecule has 3 N–H and O–H groups in total. The summed E-state index contributed by atoms with van der Waals surface area (Å²) < 4.78 is 0. The predicted molar refractivity (Wildman–Crippen MR) is 75.9 cm³/mol. The summed E-state index contributed by atoms with van der Waals surface area (Å²) in [6.07, 6.45) is 7.04. The lowest BCUT2D eigenvalue weighted by molar-refractivity contribution is -0.151. The van der Waals surface area contributed by atoms with E-state index in [1.165, 1.54) is 11.0 Å². The van der Waals surface area contributed by atoms with Crippen molar-refractivity contribution in [2.75, 3.05) is 0 Å². The molecular formula is C15H17N3O4. The van der Waals surface area contributed by atoms with Gasteiger partial charge in [0.25, 0.3) is 5.91 Å². The van der Waals surface area contributed by atoms with Crippen LogP contribution in [0.1, 0.15) is 25.7 Å². The van der Waals surface area contributed by atoms with Gasteiger partial charge in [-0.1, -0.05) is 6.08 Å². The van der Waals surface area contributed by atoms with Crippen molar-refractivity contribution in [1.82, 2.24) is 10.2 Å². The second-order valence-corrected chi connectivity index (χ2v) is 5.84. The molecule has 0 bridgehead atoms. The van der Waals surface area contributed by atoms with Crippen molar-refractivity contribution in [3.63, 3.8) is 0 Å². The Bertz CT molecular complexity index is 624. The highest BCUT2D eigenvalue weighted by Crippen LogP contribution is 2.41. The number of rotatable bonds is 3. The molecule has 0 saturated carbocycles. The Morgan fingerprint density at radius 3 is 2.91 bits per heavy atom. The molecule has 116 valence electrons. The highest BCUT2D eigenvalue weighted by atomic mass is 16.2. The molecule has 1 aliphatic carbocycles. The summed E-state index contributed by atoms with van der Waals surface area (Å²) >= 11 is 0. The first-order valence-corrected chi connectivity index (χ1v) is 7.28. The lowest BCUT2D eigenvalue weighted by Crippen LogP contribution is -2.63. The van der Waals surface area contributed by atoms with Crippen LogP contribution in [0, 0.1) is 5.92 Å². The number of carbonyl (C=O) groups excluding carboxylic acids is 4. The number of nitrogens with one attached hydrogen (secondary N) is 1. The molecule has 0 spiro atoms. The van der Waals surface area contributed by atoms with E-state index in [2.05, 4.69) is 5.32 Å². The van der Waals surface area contributed by atoms with E-state index >= 15 is 0 Å². The van der Waals surface area contributed by atoms with Gasteiger partial charge in [-0.15, -0.1) is 0 Å². The fraction of sp³-hybridized carbons (Fsp3) is 0.467. The van der Waals surface area contributed by atoms with Crippen molar-refractivity contribution in [2.45, 2.75) is 37.3 Å². The number of piperidine rings is 1. The Morgan fingerprint density at radius 1 is 1.41 bits per heavy atom. The molecule has 2 heterocycles. The van der Waals surface area contributed by atoms with Gasteiger partial charge in [0.05, 0.1) is 5.92 Å². The highest BCUT2D eigenvalue weighted by Gasteiger charge is 2.60. The molecule has 3 atom stereocenters. The van der Waals surface area contributed by atoms with E-state index in [9.17, 15) is 19.2 Å². The Labute approximate surface area is 127 Å². The molecule has 2 aliphatic heterocycles. The summed E-state index contributed by atoms with van der Waals surface area (Å²) in [6, 6.07) is -0.395. The largest absolute Gasteiger partial charge is 0.399 e. The van der Waals surface area contributed by atoms with Crippen LogP contribution in [0.5, 0.6) is 0 Å². The number of likely N-dealkylation sites (tertiary alicyclic amines) is 1. The molecule has 2 saturated heterocycles. The molecule has 0 aromatic rings. The minimum absolute atomic E-state index is 0.138. The number of carbonyl (C=O) groups is 4. The number of allylic oxidation sites excluding steroid dienone is 1. The van der Waals surface area contributed by atoms with E-state index in [0.717, 1.165) is 6.29 Å². The van der Waals surface area contributed by atoms with Gasteiger partial charge in [0.1, 0.15) is 6.29 Å². The number of hydrogen-bond acceptors (Lipinski definition) is 5. The molecule has 2 fully saturated rings. The summed E-state index contributed by atoms with van der Waals surface area (Å²) in [7, 11) is 0. The van der Waals surface area contributed by atoms with Crippen LogP contribution in [-0.2, 0) is 19.2 Å². The fourth-order valence-corrected chi connectivity index (χ4v) is 3.64. The average molecular weight is 303 g/mol. The standard InChI is InChI=1S/C15H17N3O4/c16-9-4-5-11-13(21)17-14(22)15(11,8-9)18-10(6-7-19)2-1-3-12(18)20/h4-5,7-8,10-11H,1-3,6,16H2,(H,17,21,22). The lowest BCUT2D eigenvalue weighted by Gasteiger charge is -2.47. The maximum absolute atomic E-state index is 12.5. The molecule has 22 heavy (non-hydrogen) atoms. The van der Waals surface area contributed by atoms with Gasteiger partial charge in [-0.05, 0) is 25.0 Å². The number of amides is 3. The van der Waals surface area contributed by atoms with E-state index in [-0.39, 0.29) is 12.3 Å². The summed E-state index contributed by atoms with van der Waals surface area (Å²) in [6.45, 7) is 0. The monoisotopic (exact) mass is 303 g/mol.